The molecule has 0 atom stereocenters. The van der Waals surface area contributed by atoms with Gasteiger partial charge in [0, 0.05) is 34.5 Å². The van der Waals surface area contributed by atoms with Crippen molar-refractivity contribution < 1.29 is 4.92 Å². The molecule has 8 nitrogen and oxygen atoms in total. The van der Waals surface area contributed by atoms with E-state index in [0.717, 1.165) is 11.4 Å². The van der Waals surface area contributed by atoms with Gasteiger partial charge in [0.25, 0.3) is 11.5 Å². The molecule has 25 heavy (non-hydrogen) atoms. The second-order valence-electron chi connectivity index (χ2n) is 5.19. The van der Waals surface area contributed by atoms with Crippen LogP contribution in [0.2, 0.25) is 0 Å². The Labute approximate surface area is 147 Å². The van der Waals surface area contributed by atoms with Crippen molar-refractivity contribution in [2.75, 3.05) is 0 Å². The lowest BCUT2D eigenvalue weighted by Crippen LogP contribution is -1.97. The number of allylic oxidation sites excluding steroid dienone is 1. The zero-order valence-electron chi connectivity index (χ0n) is 13.4. The van der Waals surface area contributed by atoms with Gasteiger partial charge in [0.05, 0.1) is 11.0 Å². The van der Waals surface area contributed by atoms with Crippen molar-refractivity contribution in [1.29, 1.82) is 5.26 Å². The lowest BCUT2D eigenvalue weighted by Gasteiger charge is -2.03. The van der Waals surface area contributed by atoms with Gasteiger partial charge >= 0.3 is 0 Å². The molecule has 0 aliphatic rings. The number of fused-ring (bicyclic) bond motifs is 1. The van der Waals surface area contributed by atoms with Crippen LogP contribution in [0.3, 0.4) is 0 Å². The average molecular weight is 352 g/mol. The van der Waals surface area contributed by atoms with E-state index in [2.05, 4.69) is 15.1 Å². The van der Waals surface area contributed by atoms with E-state index in [1.54, 1.807) is 16.6 Å². The van der Waals surface area contributed by atoms with Crippen LogP contribution in [0.1, 0.15) is 17.0 Å². The van der Waals surface area contributed by atoms with Crippen LogP contribution in [0.25, 0.3) is 10.7 Å². The molecular weight excluding hydrogens is 340 g/mol. The molecule has 2 aromatic heterocycles. The Balaban J connectivity index is 1.95. The van der Waals surface area contributed by atoms with Crippen LogP contribution in [-0.2, 0) is 0 Å². The van der Waals surface area contributed by atoms with Gasteiger partial charge in [-0.3, -0.25) is 10.1 Å². The maximum Gasteiger partial charge on any atom is 0.269 e. The number of aromatic nitrogens is 4. The zero-order valence-corrected chi connectivity index (χ0v) is 14.2. The summed E-state index contributed by atoms with van der Waals surface area (Å²) in [4.78, 5) is 19.6. The van der Waals surface area contributed by atoms with E-state index in [0.29, 0.717) is 21.4 Å². The number of nitro benzene ring substituents is 1. The fraction of sp³-hybridized carbons (Fsp3) is 0.125. The Morgan fingerprint density at radius 1 is 1.32 bits per heavy atom. The summed E-state index contributed by atoms with van der Waals surface area (Å²) in [6.07, 6.45) is 1.36. The number of thioether (sulfide) groups is 1. The summed E-state index contributed by atoms with van der Waals surface area (Å²) in [6, 6.07) is 9.87. The first-order valence-electron chi connectivity index (χ1n) is 7.21. The van der Waals surface area contributed by atoms with E-state index >= 15 is 0 Å². The second kappa shape index (κ2) is 6.70. The van der Waals surface area contributed by atoms with Crippen molar-refractivity contribution in [2.24, 2.45) is 0 Å². The number of non-ortho nitro benzene ring substituents is 1. The fourth-order valence-electron chi connectivity index (χ4n) is 2.27. The highest BCUT2D eigenvalue weighted by atomic mass is 32.2. The summed E-state index contributed by atoms with van der Waals surface area (Å²) in [6.45, 7) is 3.79. The van der Waals surface area contributed by atoms with Crippen LogP contribution < -0.4 is 0 Å². The SMILES string of the molecule is Cc1cc(C)n2nc(S/C(=C\C#N)c3ccc([N+](=O)[O-])cc3)nc2n1. The van der Waals surface area contributed by atoms with Crippen LogP contribution in [0.15, 0.2) is 41.6 Å². The van der Waals surface area contributed by atoms with Gasteiger partial charge in [-0.1, -0.05) is 0 Å². The van der Waals surface area contributed by atoms with E-state index in [4.69, 9.17) is 5.26 Å². The number of aryl methyl sites for hydroxylation is 2. The monoisotopic (exact) mass is 352 g/mol. The topological polar surface area (TPSA) is 110 Å². The number of nitriles is 1. The largest absolute Gasteiger partial charge is 0.269 e. The van der Waals surface area contributed by atoms with Gasteiger partial charge in [-0.25, -0.2) is 9.50 Å². The molecule has 0 aliphatic carbocycles. The lowest BCUT2D eigenvalue weighted by molar-refractivity contribution is -0.384. The number of hydrogen-bond donors (Lipinski definition) is 0. The summed E-state index contributed by atoms with van der Waals surface area (Å²) < 4.78 is 1.63. The van der Waals surface area contributed by atoms with Crippen LogP contribution in [0.4, 0.5) is 5.69 Å². The first-order valence-corrected chi connectivity index (χ1v) is 8.03. The van der Waals surface area contributed by atoms with Crippen LogP contribution >= 0.6 is 11.8 Å². The highest BCUT2D eigenvalue weighted by Gasteiger charge is 2.13. The summed E-state index contributed by atoms with van der Waals surface area (Å²) in [5.74, 6) is 0.486. The fourth-order valence-corrected chi connectivity index (χ4v) is 3.08. The molecule has 0 bridgehead atoms. The van der Waals surface area contributed by atoms with Crippen molar-refractivity contribution in [1.82, 2.24) is 19.6 Å². The molecule has 0 amide bonds. The average Bonchev–Trinajstić information content (AvgIpc) is 2.97. The van der Waals surface area contributed by atoms with Crippen molar-refractivity contribution in [3.05, 3.63) is 63.5 Å². The molecule has 0 spiro atoms. The third-order valence-electron chi connectivity index (χ3n) is 3.36. The van der Waals surface area contributed by atoms with E-state index in [9.17, 15) is 10.1 Å². The first kappa shape index (κ1) is 16.6. The molecule has 0 saturated heterocycles. The molecule has 0 unspecified atom stereocenters. The molecule has 0 radical (unpaired) electrons. The smallest absolute Gasteiger partial charge is 0.258 e. The number of rotatable bonds is 4. The van der Waals surface area contributed by atoms with E-state index < -0.39 is 4.92 Å². The Kier molecular flexibility index (Phi) is 4.45. The van der Waals surface area contributed by atoms with E-state index in [-0.39, 0.29) is 5.69 Å². The number of nitro groups is 1. The van der Waals surface area contributed by atoms with Crippen molar-refractivity contribution in [3.63, 3.8) is 0 Å². The summed E-state index contributed by atoms with van der Waals surface area (Å²) in [5.41, 5.74) is 2.42. The molecule has 0 aliphatic heterocycles. The molecule has 3 aromatic rings. The highest BCUT2D eigenvalue weighted by Crippen LogP contribution is 2.33. The van der Waals surface area contributed by atoms with E-state index in [1.165, 1.54) is 30.0 Å². The highest BCUT2D eigenvalue weighted by molar-refractivity contribution is 8.08. The van der Waals surface area contributed by atoms with Crippen molar-refractivity contribution in [2.45, 2.75) is 19.0 Å². The van der Waals surface area contributed by atoms with Gasteiger partial charge < -0.3 is 0 Å². The minimum Gasteiger partial charge on any atom is -0.258 e. The molecule has 9 heteroatoms. The normalized spacial score (nSPS) is 11.5. The zero-order chi connectivity index (χ0) is 18.0. The third-order valence-corrected chi connectivity index (χ3v) is 4.29. The summed E-state index contributed by atoms with van der Waals surface area (Å²) in [7, 11) is 0. The van der Waals surface area contributed by atoms with E-state index in [1.807, 2.05) is 26.0 Å². The maximum atomic E-state index is 10.8. The number of nitrogens with zero attached hydrogens (tertiary/aromatic N) is 6. The van der Waals surface area contributed by atoms with Crippen LogP contribution in [-0.4, -0.2) is 24.5 Å². The molecule has 124 valence electrons. The molecule has 1 aromatic carbocycles. The Morgan fingerprint density at radius 2 is 2.04 bits per heavy atom. The maximum absolute atomic E-state index is 10.8. The van der Waals surface area contributed by atoms with Crippen LogP contribution in [0, 0.1) is 35.3 Å². The second-order valence-corrected chi connectivity index (χ2v) is 6.20. The van der Waals surface area contributed by atoms with Gasteiger partial charge in [-0.2, -0.15) is 10.2 Å². The van der Waals surface area contributed by atoms with Gasteiger partial charge in [-0.05, 0) is 49.4 Å². The van der Waals surface area contributed by atoms with Crippen LogP contribution in [0.5, 0.6) is 0 Å². The standard InChI is InChI=1S/C16H12N6O2S/c1-10-9-11(2)21-15(18-10)19-16(20-21)25-14(7-8-17)12-3-5-13(6-4-12)22(23)24/h3-7,9H,1-2H3/b14-7-. The molecule has 0 N–H and O–H groups in total. The third kappa shape index (κ3) is 3.49. The van der Waals surface area contributed by atoms with Gasteiger partial charge in [0.15, 0.2) is 0 Å². The molecule has 0 fully saturated rings. The van der Waals surface area contributed by atoms with Crippen molar-refractivity contribution >= 4 is 28.1 Å². The minimum absolute atomic E-state index is 0.00814. The molecular formula is C16H12N6O2S. The quantitative estimate of drug-likeness (QED) is 0.306. The molecule has 2 heterocycles. The molecule has 3 rings (SSSR count). The van der Waals surface area contributed by atoms with Gasteiger partial charge in [-0.15, -0.1) is 5.10 Å². The predicted molar refractivity (Wildman–Crippen MR) is 92.8 cm³/mol. The summed E-state index contributed by atoms with van der Waals surface area (Å²) >= 11 is 1.21. The number of benzene rings is 1. The summed E-state index contributed by atoms with van der Waals surface area (Å²) in [5, 5.41) is 24.6. The first-order chi connectivity index (χ1) is 12.0. The number of hydrogen-bond acceptors (Lipinski definition) is 7. The Morgan fingerprint density at radius 3 is 2.68 bits per heavy atom. The predicted octanol–water partition coefficient (Wildman–Crippen LogP) is 3.31. The van der Waals surface area contributed by atoms with Gasteiger partial charge in [0.1, 0.15) is 0 Å². The van der Waals surface area contributed by atoms with Crippen molar-refractivity contribution in [3.8, 4) is 6.07 Å². The Hall–Kier alpha value is -3.25. The van der Waals surface area contributed by atoms with Gasteiger partial charge in [0.2, 0.25) is 5.16 Å². The molecule has 0 saturated carbocycles. The Bertz CT molecular complexity index is 1030. The minimum atomic E-state index is -0.467. The lowest BCUT2D eigenvalue weighted by atomic mass is 10.2.